The maximum atomic E-state index is 11.7. The molecule has 2 N–H and O–H groups in total. The van der Waals surface area contributed by atoms with Gasteiger partial charge in [0, 0.05) is 18.6 Å². The molecule has 0 saturated carbocycles. The molecule has 0 radical (unpaired) electrons. The second kappa shape index (κ2) is 7.64. The van der Waals surface area contributed by atoms with Crippen LogP contribution < -0.4 is 10.6 Å². The quantitative estimate of drug-likeness (QED) is 0.799. The molecule has 1 rings (SSSR count). The second-order valence-electron chi connectivity index (χ2n) is 7.35. The van der Waals surface area contributed by atoms with E-state index in [0.29, 0.717) is 13.0 Å². The van der Waals surface area contributed by atoms with E-state index in [9.17, 15) is 13.2 Å². The van der Waals surface area contributed by atoms with Gasteiger partial charge in [-0.15, -0.1) is 0 Å². The normalized spacial score (nSPS) is 23.1. The van der Waals surface area contributed by atoms with E-state index in [1.807, 2.05) is 34.6 Å². The number of hydrogen-bond donors (Lipinski definition) is 2. The molecule has 0 bridgehead atoms. The molecule has 0 aromatic carbocycles. The second-order valence-corrected chi connectivity index (χ2v) is 9.58. The Labute approximate surface area is 134 Å². The first kappa shape index (κ1) is 19.2. The standard InChI is InChI=1S/C15H30N2O4S/c1-11(2)13(9-16-14(18)21-15(3,4)5)17-12-7-6-8-22(19,20)10-12/h11-13,17H,6-10H2,1-5H3,(H,16,18). The summed E-state index contributed by atoms with van der Waals surface area (Å²) in [5.74, 6) is 0.746. The highest BCUT2D eigenvalue weighted by Crippen LogP contribution is 2.14. The van der Waals surface area contributed by atoms with Gasteiger partial charge in [-0.1, -0.05) is 13.8 Å². The summed E-state index contributed by atoms with van der Waals surface area (Å²) in [5.41, 5.74) is -0.526. The molecule has 0 aromatic heterocycles. The van der Waals surface area contributed by atoms with Crippen LogP contribution in [0.25, 0.3) is 0 Å². The van der Waals surface area contributed by atoms with Gasteiger partial charge >= 0.3 is 6.09 Å². The molecule has 6 nitrogen and oxygen atoms in total. The minimum atomic E-state index is -2.93. The molecule has 2 unspecified atom stereocenters. The van der Waals surface area contributed by atoms with E-state index in [1.54, 1.807) is 0 Å². The maximum Gasteiger partial charge on any atom is 0.407 e. The highest BCUT2D eigenvalue weighted by atomic mass is 32.2. The molecule has 1 amide bonds. The van der Waals surface area contributed by atoms with Crippen LogP contribution in [0.15, 0.2) is 0 Å². The molecule has 1 aliphatic heterocycles. The largest absolute Gasteiger partial charge is 0.444 e. The lowest BCUT2D eigenvalue weighted by atomic mass is 10.0. The van der Waals surface area contributed by atoms with Crippen LogP contribution in [0, 0.1) is 5.92 Å². The maximum absolute atomic E-state index is 11.7. The van der Waals surface area contributed by atoms with Gasteiger partial charge in [-0.05, 0) is 39.5 Å². The van der Waals surface area contributed by atoms with E-state index in [1.165, 1.54) is 0 Å². The summed E-state index contributed by atoms with van der Waals surface area (Å²) in [4.78, 5) is 11.7. The zero-order chi connectivity index (χ0) is 17.0. The third kappa shape index (κ3) is 7.45. The SMILES string of the molecule is CC(C)C(CNC(=O)OC(C)(C)C)NC1CCCS(=O)(=O)C1. The first-order chi connectivity index (χ1) is 9.98. The van der Waals surface area contributed by atoms with Crippen LogP contribution in [-0.4, -0.2) is 50.2 Å². The third-order valence-corrected chi connectivity index (χ3v) is 5.40. The minimum Gasteiger partial charge on any atom is -0.444 e. The van der Waals surface area contributed by atoms with Crippen molar-refractivity contribution in [1.82, 2.24) is 10.6 Å². The third-order valence-electron chi connectivity index (χ3n) is 3.58. The Hall–Kier alpha value is -0.820. The van der Waals surface area contributed by atoms with Crippen LogP contribution in [0.2, 0.25) is 0 Å². The first-order valence-corrected chi connectivity index (χ1v) is 9.74. The summed E-state index contributed by atoms with van der Waals surface area (Å²) in [6.45, 7) is 9.97. The summed E-state index contributed by atoms with van der Waals surface area (Å²) in [6.07, 6.45) is 1.11. The predicted octanol–water partition coefficient (Wildman–Crippen LogP) is 1.70. The molecular weight excluding hydrogens is 304 g/mol. The van der Waals surface area contributed by atoms with Crippen LogP contribution >= 0.6 is 0 Å². The first-order valence-electron chi connectivity index (χ1n) is 7.92. The monoisotopic (exact) mass is 334 g/mol. The number of ether oxygens (including phenoxy) is 1. The molecule has 0 spiro atoms. The Kier molecular flexibility index (Phi) is 6.67. The van der Waals surface area contributed by atoms with Crippen LogP contribution in [0.5, 0.6) is 0 Å². The van der Waals surface area contributed by atoms with Gasteiger partial charge in [0.25, 0.3) is 0 Å². The van der Waals surface area contributed by atoms with Gasteiger partial charge in [-0.2, -0.15) is 0 Å². The fraction of sp³-hybridized carbons (Fsp3) is 0.933. The fourth-order valence-electron chi connectivity index (χ4n) is 2.45. The van der Waals surface area contributed by atoms with Crippen molar-refractivity contribution in [2.24, 2.45) is 5.92 Å². The van der Waals surface area contributed by atoms with Crippen molar-refractivity contribution >= 4 is 15.9 Å². The fourth-order valence-corrected chi connectivity index (χ4v) is 4.10. The molecular formula is C15H30N2O4S. The lowest BCUT2D eigenvalue weighted by Gasteiger charge is -2.31. The molecule has 7 heteroatoms. The average molecular weight is 334 g/mol. The summed E-state index contributed by atoms with van der Waals surface area (Å²) < 4.78 is 28.6. The number of alkyl carbamates (subject to hydrolysis) is 1. The zero-order valence-electron chi connectivity index (χ0n) is 14.3. The molecule has 1 saturated heterocycles. The van der Waals surface area contributed by atoms with Crippen LogP contribution in [0.3, 0.4) is 0 Å². The summed E-state index contributed by atoms with van der Waals surface area (Å²) in [6, 6.07) is -0.0163. The Balaban J connectivity index is 2.50. The van der Waals surface area contributed by atoms with Crippen LogP contribution in [-0.2, 0) is 14.6 Å². The molecule has 1 heterocycles. The van der Waals surface area contributed by atoms with Crippen molar-refractivity contribution in [2.75, 3.05) is 18.1 Å². The van der Waals surface area contributed by atoms with Crippen molar-refractivity contribution in [3.63, 3.8) is 0 Å². The molecule has 130 valence electrons. The van der Waals surface area contributed by atoms with Crippen molar-refractivity contribution in [3.8, 4) is 0 Å². The van der Waals surface area contributed by atoms with Crippen molar-refractivity contribution in [1.29, 1.82) is 0 Å². The van der Waals surface area contributed by atoms with E-state index in [4.69, 9.17) is 4.74 Å². The number of amides is 1. The van der Waals surface area contributed by atoms with Crippen molar-refractivity contribution in [3.05, 3.63) is 0 Å². The summed E-state index contributed by atoms with van der Waals surface area (Å²) in [7, 11) is -2.93. The highest BCUT2D eigenvalue weighted by molar-refractivity contribution is 7.91. The van der Waals surface area contributed by atoms with E-state index in [2.05, 4.69) is 10.6 Å². The molecule has 0 aliphatic carbocycles. The van der Waals surface area contributed by atoms with E-state index in [-0.39, 0.29) is 29.5 Å². The molecule has 22 heavy (non-hydrogen) atoms. The Morgan fingerprint density at radius 1 is 1.32 bits per heavy atom. The summed E-state index contributed by atoms with van der Waals surface area (Å²) in [5, 5.41) is 6.14. The highest BCUT2D eigenvalue weighted by Gasteiger charge is 2.27. The molecule has 1 fully saturated rings. The van der Waals surface area contributed by atoms with Crippen LogP contribution in [0.4, 0.5) is 4.79 Å². The topological polar surface area (TPSA) is 84.5 Å². The molecule has 1 aliphatic rings. The smallest absolute Gasteiger partial charge is 0.407 e. The molecule has 0 aromatic rings. The van der Waals surface area contributed by atoms with E-state index >= 15 is 0 Å². The van der Waals surface area contributed by atoms with Gasteiger partial charge in [0.05, 0.1) is 11.5 Å². The average Bonchev–Trinajstić information content (AvgIpc) is 2.30. The van der Waals surface area contributed by atoms with Gasteiger partial charge in [-0.25, -0.2) is 13.2 Å². The number of nitrogens with one attached hydrogen (secondary N) is 2. The number of carbonyl (C=O) groups excluding carboxylic acids is 1. The Morgan fingerprint density at radius 3 is 2.45 bits per heavy atom. The van der Waals surface area contributed by atoms with E-state index < -0.39 is 21.5 Å². The lowest BCUT2D eigenvalue weighted by Crippen LogP contribution is -2.52. The number of rotatable bonds is 5. The Bertz CT molecular complexity index is 468. The molecule has 2 atom stereocenters. The lowest BCUT2D eigenvalue weighted by molar-refractivity contribution is 0.0518. The van der Waals surface area contributed by atoms with Gasteiger partial charge in [0.15, 0.2) is 9.84 Å². The summed E-state index contributed by atoms with van der Waals surface area (Å²) >= 11 is 0. The number of sulfone groups is 1. The van der Waals surface area contributed by atoms with Crippen LogP contribution in [0.1, 0.15) is 47.5 Å². The number of hydrogen-bond acceptors (Lipinski definition) is 5. The van der Waals surface area contributed by atoms with Crippen molar-refractivity contribution < 1.29 is 17.9 Å². The van der Waals surface area contributed by atoms with Gasteiger partial charge in [-0.3, -0.25) is 0 Å². The minimum absolute atomic E-state index is 0.0193. The van der Waals surface area contributed by atoms with Gasteiger partial charge < -0.3 is 15.4 Å². The van der Waals surface area contributed by atoms with Crippen molar-refractivity contribution in [2.45, 2.75) is 65.1 Å². The van der Waals surface area contributed by atoms with E-state index in [0.717, 1.165) is 6.42 Å². The number of carbonyl (C=O) groups is 1. The van der Waals surface area contributed by atoms with Gasteiger partial charge in [0.2, 0.25) is 0 Å². The Morgan fingerprint density at radius 2 is 1.95 bits per heavy atom. The predicted molar refractivity (Wildman–Crippen MR) is 87.7 cm³/mol. The van der Waals surface area contributed by atoms with Gasteiger partial charge in [0.1, 0.15) is 5.60 Å². The zero-order valence-corrected chi connectivity index (χ0v) is 15.1.